The highest BCUT2D eigenvalue weighted by atomic mass is 15.0. The molecule has 0 saturated carbocycles. The lowest BCUT2D eigenvalue weighted by Gasteiger charge is -2.13. The lowest BCUT2D eigenvalue weighted by atomic mass is 10.0. The number of rotatable bonds is 2. The topological polar surface area (TPSA) is 3.01 Å². The van der Waals surface area contributed by atoms with Gasteiger partial charge in [0.2, 0.25) is 0 Å². The molecule has 0 bridgehead atoms. The van der Waals surface area contributed by atoms with Gasteiger partial charge in [0.15, 0.2) is 6.54 Å². The van der Waals surface area contributed by atoms with E-state index in [9.17, 15) is 0 Å². The maximum Gasteiger partial charge on any atom is 0.167 e. The second kappa shape index (κ2) is 4.41. The number of hydrogen-bond acceptors (Lipinski definition) is 0. The van der Waals surface area contributed by atoms with Crippen LogP contribution in [0.15, 0.2) is 30.3 Å². The first-order valence-electron chi connectivity index (χ1n) is 5.46. The molecule has 1 heteroatoms. The monoisotopic (exact) mass is 188 g/mol. The third-order valence-corrected chi connectivity index (χ3v) is 2.90. The smallest absolute Gasteiger partial charge is 0.167 e. The van der Waals surface area contributed by atoms with Crippen molar-refractivity contribution in [1.29, 1.82) is 0 Å². The van der Waals surface area contributed by atoms with Crippen LogP contribution in [-0.4, -0.2) is 17.3 Å². The van der Waals surface area contributed by atoms with Crippen molar-refractivity contribution in [2.45, 2.75) is 26.3 Å². The van der Waals surface area contributed by atoms with Crippen molar-refractivity contribution >= 4 is 6.21 Å². The Labute approximate surface area is 86.1 Å². The zero-order valence-corrected chi connectivity index (χ0v) is 8.82. The molecule has 1 aromatic carbocycles. The summed E-state index contributed by atoms with van der Waals surface area (Å²) < 4.78 is 2.44. The van der Waals surface area contributed by atoms with Gasteiger partial charge in [-0.1, -0.05) is 37.3 Å². The Morgan fingerprint density at radius 2 is 2.07 bits per heavy atom. The van der Waals surface area contributed by atoms with Crippen LogP contribution in [0.1, 0.15) is 25.3 Å². The van der Waals surface area contributed by atoms with Gasteiger partial charge in [0.05, 0.1) is 0 Å². The average Bonchev–Trinajstić information content (AvgIpc) is 2.23. The van der Waals surface area contributed by atoms with Crippen LogP contribution in [0.25, 0.3) is 0 Å². The summed E-state index contributed by atoms with van der Waals surface area (Å²) in [5.74, 6) is 0.877. The summed E-state index contributed by atoms with van der Waals surface area (Å²) >= 11 is 0. The second-order valence-electron chi connectivity index (χ2n) is 4.27. The first kappa shape index (κ1) is 9.45. The van der Waals surface area contributed by atoms with Crippen molar-refractivity contribution in [2.24, 2.45) is 5.92 Å². The molecule has 0 aromatic heterocycles. The normalized spacial score (nSPS) is 21.8. The summed E-state index contributed by atoms with van der Waals surface area (Å²) in [6, 6.07) is 10.7. The van der Waals surface area contributed by atoms with Crippen LogP contribution in [0.2, 0.25) is 0 Å². The molecular formula is C13H18N+. The molecule has 0 amide bonds. The van der Waals surface area contributed by atoms with Crippen LogP contribution < -0.4 is 0 Å². The standard InChI is InChI=1S/C13H18N/c1-12-7-9-14(10-8-12)11-13-5-3-2-4-6-13/h2-6,9,12H,7-8,10-11H2,1H3/q+1. The Bertz CT molecular complexity index is 313. The molecule has 1 unspecified atom stereocenters. The molecule has 1 atom stereocenters. The first-order valence-corrected chi connectivity index (χ1v) is 5.46. The fourth-order valence-corrected chi connectivity index (χ4v) is 1.89. The van der Waals surface area contributed by atoms with E-state index >= 15 is 0 Å². The van der Waals surface area contributed by atoms with E-state index in [0.29, 0.717) is 0 Å². The molecule has 1 aromatic rings. The van der Waals surface area contributed by atoms with E-state index in [-0.39, 0.29) is 0 Å². The van der Waals surface area contributed by atoms with Crippen molar-refractivity contribution < 1.29 is 4.58 Å². The average molecular weight is 188 g/mol. The van der Waals surface area contributed by atoms with Gasteiger partial charge in [0, 0.05) is 18.4 Å². The van der Waals surface area contributed by atoms with Crippen LogP contribution in [0, 0.1) is 5.92 Å². The van der Waals surface area contributed by atoms with E-state index in [0.717, 1.165) is 12.5 Å². The molecule has 0 spiro atoms. The molecule has 0 saturated heterocycles. The van der Waals surface area contributed by atoms with E-state index in [4.69, 9.17) is 0 Å². The summed E-state index contributed by atoms with van der Waals surface area (Å²) in [6.45, 7) is 4.62. The third-order valence-electron chi connectivity index (χ3n) is 2.90. The molecule has 1 nitrogen and oxygen atoms in total. The van der Waals surface area contributed by atoms with E-state index in [1.54, 1.807) is 0 Å². The first-order chi connectivity index (χ1) is 6.84. The molecule has 14 heavy (non-hydrogen) atoms. The maximum absolute atomic E-state index is 2.44. The van der Waals surface area contributed by atoms with Crippen molar-refractivity contribution in [3.05, 3.63) is 35.9 Å². The van der Waals surface area contributed by atoms with E-state index in [1.807, 2.05) is 0 Å². The van der Waals surface area contributed by atoms with Crippen LogP contribution >= 0.6 is 0 Å². The van der Waals surface area contributed by atoms with Crippen LogP contribution in [0.3, 0.4) is 0 Å². The van der Waals surface area contributed by atoms with Gasteiger partial charge < -0.3 is 0 Å². The minimum atomic E-state index is 0.877. The van der Waals surface area contributed by atoms with Crippen LogP contribution in [0.4, 0.5) is 0 Å². The van der Waals surface area contributed by atoms with Gasteiger partial charge in [0.25, 0.3) is 0 Å². The highest BCUT2D eigenvalue weighted by Gasteiger charge is 2.15. The van der Waals surface area contributed by atoms with Crippen molar-refractivity contribution in [3.63, 3.8) is 0 Å². The minimum Gasteiger partial charge on any atom is -0.235 e. The van der Waals surface area contributed by atoms with Gasteiger partial charge in [-0.2, -0.15) is 0 Å². The van der Waals surface area contributed by atoms with Crippen LogP contribution in [-0.2, 0) is 6.54 Å². The fourth-order valence-electron chi connectivity index (χ4n) is 1.89. The van der Waals surface area contributed by atoms with Gasteiger partial charge in [-0.15, -0.1) is 0 Å². The maximum atomic E-state index is 2.44. The van der Waals surface area contributed by atoms with Crippen molar-refractivity contribution in [1.82, 2.24) is 0 Å². The zero-order valence-electron chi connectivity index (χ0n) is 8.82. The molecule has 1 aliphatic heterocycles. The molecule has 2 rings (SSSR count). The molecule has 0 aliphatic carbocycles. The summed E-state index contributed by atoms with van der Waals surface area (Å²) in [5, 5.41) is 0. The Kier molecular flexibility index (Phi) is 2.97. The highest BCUT2D eigenvalue weighted by molar-refractivity contribution is 5.52. The third kappa shape index (κ3) is 2.44. The predicted molar refractivity (Wildman–Crippen MR) is 59.7 cm³/mol. The van der Waals surface area contributed by atoms with E-state index < -0.39 is 0 Å². The van der Waals surface area contributed by atoms with Gasteiger partial charge in [-0.25, -0.2) is 4.58 Å². The summed E-state index contributed by atoms with van der Waals surface area (Å²) in [5.41, 5.74) is 1.42. The number of hydrogen-bond donors (Lipinski definition) is 0. The molecule has 1 heterocycles. The predicted octanol–water partition coefficient (Wildman–Crippen LogP) is 2.70. The Morgan fingerprint density at radius 3 is 2.71 bits per heavy atom. The zero-order chi connectivity index (χ0) is 9.80. The van der Waals surface area contributed by atoms with E-state index in [1.165, 1.54) is 24.9 Å². The largest absolute Gasteiger partial charge is 0.235 e. The Balaban J connectivity index is 1.99. The quantitative estimate of drug-likeness (QED) is 0.628. The van der Waals surface area contributed by atoms with Crippen LogP contribution in [0.5, 0.6) is 0 Å². The second-order valence-corrected chi connectivity index (χ2v) is 4.27. The van der Waals surface area contributed by atoms with Gasteiger partial charge in [0.1, 0.15) is 12.8 Å². The molecule has 0 fully saturated rings. The number of nitrogens with zero attached hydrogens (tertiary/aromatic N) is 1. The van der Waals surface area contributed by atoms with Gasteiger partial charge in [-0.3, -0.25) is 0 Å². The summed E-state index contributed by atoms with van der Waals surface area (Å²) in [6.07, 6.45) is 4.94. The lowest BCUT2D eigenvalue weighted by Crippen LogP contribution is -2.22. The SMILES string of the molecule is CC1CC=[N+](Cc2ccccc2)CC1. The molecular weight excluding hydrogens is 170 g/mol. The summed E-state index contributed by atoms with van der Waals surface area (Å²) in [7, 11) is 0. The fraction of sp³-hybridized carbons (Fsp3) is 0.462. The number of benzene rings is 1. The Morgan fingerprint density at radius 1 is 1.29 bits per heavy atom. The van der Waals surface area contributed by atoms with Crippen molar-refractivity contribution in [2.75, 3.05) is 6.54 Å². The molecule has 0 radical (unpaired) electrons. The molecule has 1 aliphatic rings. The summed E-state index contributed by atoms with van der Waals surface area (Å²) in [4.78, 5) is 0. The minimum absolute atomic E-state index is 0.877. The van der Waals surface area contributed by atoms with Crippen molar-refractivity contribution in [3.8, 4) is 0 Å². The van der Waals surface area contributed by atoms with Gasteiger partial charge in [-0.05, 0) is 5.92 Å². The highest BCUT2D eigenvalue weighted by Crippen LogP contribution is 2.11. The Hall–Kier alpha value is -1.11. The van der Waals surface area contributed by atoms with Gasteiger partial charge >= 0.3 is 0 Å². The molecule has 74 valence electrons. The molecule has 0 N–H and O–H groups in total. The van der Waals surface area contributed by atoms with E-state index in [2.05, 4.69) is 48.0 Å². The lowest BCUT2D eigenvalue weighted by molar-refractivity contribution is -0.546.